The van der Waals surface area contributed by atoms with Gasteiger partial charge in [0.25, 0.3) is 5.78 Å². The minimum Gasteiger partial charge on any atom is -0.346 e. The molecule has 0 fully saturated rings. The van der Waals surface area contributed by atoms with Crippen molar-refractivity contribution < 1.29 is 18.0 Å². The maximum Gasteiger partial charge on any atom is 0.456 e. The maximum absolute atomic E-state index is 11.9. The highest BCUT2D eigenvalue weighted by atomic mass is 19.4. The van der Waals surface area contributed by atoms with Crippen molar-refractivity contribution in [2.75, 3.05) is 0 Å². The largest absolute Gasteiger partial charge is 0.456 e. The maximum atomic E-state index is 11.9. The Hall–Kier alpha value is -1.33. The number of aromatic amines is 1. The van der Waals surface area contributed by atoms with Gasteiger partial charge in [0.15, 0.2) is 0 Å². The van der Waals surface area contributed by atoms with Crippen molar-refractivity contribution in [3.63, 3.8) is 0 Å². The average molecular weight is 192 g/mol. The lowest BCUT2D eigenvalue weighted by Crippen LogP contribution is -2.23. The van der Waals surface area contributed by atoms with Gasteiger partial charge in [-0.25, -0.2) is 4.98 Å². The van der Waals surface area contributed by atoms with E-state index in [2.05, 4.69) is 9.97 Å². The number of imidazole rings is 1. The zero-order valence-electron chi connectivity index (χ0n) is 6.99. The van der Waals surface area contributed by atoms with Gasteiger partial charge in [-0.3, -0.25) is 4.79 Å². The first kappa shape index (κ1) is 9.76. The zero-order valence-corrected chi connectivity index (χ0v) is 6.99. The normalized spacial score (nSPS) is 11.8. The summed E-state index contributed by atoms with van der Waals surface area (Å²) in [5.74, 6) is -1.61. The lowest BCUT2D eigenvalue weighted by Gasteiger charge is -2.01. The van der Waals surface area contributed by atoms with E-state index in [4.69, 9.17) is 0 Å². The first-order valence-electron chi connectivity index (χ1n) is 3.47. The minimum absolute atomic E-state index is 0.139. The fourth-order valence-corrected chi connectivity index (χ4v) is 0.965. The zero-order chi connectivity index (χ0) is 10.2. The van der Waals surface area contributed by atoms with Crippen LogP contribution in [-0.2, 0) is 0 Å². The fourth-order valence-electron chi connectivity index (χ4n) is 0.965. The topological polar surface area (TPSA) is 45.8 Å². The second kappa shape index (κ2) is 2.86. The predicted molar refractivity (Wildman–Crippen MR) is 38.4 cm³/mol. The molecule has 0 saturated heterocycles. The van der Waals surface area contributed by atoms with Gasteiger partial charge in [-0.1, -0.05) is 0 Å². The smallest absolute Gasteiger partial charge is 0.346 e. The van der Waals surface area contributed by atoms with Crippen LogP contribution in [0.3, 0.4) is 0 Å². The van der Waals surface area contributed by atoms with Gasteiger partial charge in [0.2, 0.25) is 0 Å². The van der Waals surface area contributed by atoms with Crippen LogP contribution >= 0.6 is 0 Å². The first-order valence-corrected chi connectivity index (χ1v) is 3.47. The summed E-state index contributed by atoms with van der Waals surface area (Å²) < 4.78 is 35.8. The number of H-pyrrole nitrogens is 1. The number of aryl methyl sites for hydroxylation is 2. The van der Waals surface area contributed by atoms with E-state index in [1.54, 1.807) is 0 Å². The number of alkyl halides is 3. The highest BCUT2D eigenvalue weighted by Crippen LogP contribution is 2.21. The molecule has 0 atom stereocenters. The molecule has 0 amide bonds. The van der Waals surface area contributed by atoms with Crippen molar-refractivity contribution in [1.29, 1.82) is 0 Å². The SMILES string of the molecule is Cc1nc(C(=O)C(F)(F)F)c(C)[nH]1. The Kier molecular flexibility index (Phi) is 2.15. The minimum atomic E-state index is -4.85. The Morgan fingerprint density at radius 3 is 2.23 bits per heavy atom. The number of nitrogens with zero attached hydrogens (tertiary/aromatic N) is 1. The van der Waals surface area contributed by atoms with Crippen molar-refractivity contribution in [2.45, 2.75) is 20.0 Å². The van der Waals surface area contributed by atoms with Crippen LogP contribution in [0.5, 0.6) is 0 Å². The van der Waals surface area contributed by atoms with Crippen LogP contribution in [0.2, 0.25) is 0 Å². The number of halogens is 3. The molecule has 0 unspecified atom stereocenters. The number of nitrogens with one attached hydrogen (secondary N) is 1. The number of aromatic nitrogens is 2. The molecule has 0 aromatic carbocycles. The summed E-state index contributed by atoms with van der Waals surface area (Å²) in [6.45, 7) is 2.86. The number of carbonyl (C=O) groups excluding carboxylic acids is 1. The van der Waals surface area contributed by atoms with Crippen LogP contribution < -0.4 is 0 Å². The molecule has 1 aromatic rings. The van der Waals surface area contributed by atoms with Crippen molar-refractivity contribution in [3.8, 4) is 0 Å². The molecule has 0 aliphatic heterocycles. The van der Waals surface area contributed by atoms with Gasteiger partial charge < -0.3 is 4.98 Å². The summed E-state index contributed by atoms with van der Waals surface area (Å²) in [7, 11) is 0. The molecule has 1 rings (SSSR count). The molecule has 6 heteroatoms. The highest BCUT2D eigenvalue weighted by molar-refractivity contribution is 5.99. The summed E-state index contributed by atoms with van der Waals surface area (Å²) in [6, 6.07) is 0. The van der Waals surface area contributed by atoms with Crippen molar-refractivity contribution in [2.24, 2.45) is 0 Å². The van der Waals surface area contributed by atoms with Crippen LogP contribution in [0.15, 0.2) is 0 Å². The average Bonchev–Trinajstić information content (AvgIpc) is 2.26. The molecular formula is C7H7F3N2O. The Morgan fingerprint density at radius 1 is 1.38 bits per heavy atom. The third-order valence-electron chi connectivity index (χ3n) is 1.48. The van der Waals surface area contributed by atoms with Gasteiger partial charge in [-0.2, -0.15) is 13.2 Å². The van der Waals surface area contributed by atoms with Crippen molar-refractivity contribution >= 4 is 5.78 Å². The summed E-state index contributed by atoms with van der Waals surface area (Å²) in [5, 5.41) is 0. The van der Waals surface area contributed by atoms with Gasteiger partial charge >= 0.3 is 6.18 Å². The van der Waals surface area contributed by atoms with E-state index < -0.39 is 17.7 Å². The molecule has 1 N–H and O–H groups in total. The Bertz CT molecular complexity index is 340. The monoisotopic (exact) mass is 192 g/mol. The highest BCUT2D eigenvalue weighted by Gasteiger charge is 2.41. The molecule has 13 heavy (non-hydrogen) atoms. The summed E-state index contributed by atoms with van der Waals surface area (Å²) in [6.07, 6.45) is -4.85. The molecule has 3 nitrogen and oxygen atoms in total. The molecule has 0 aliphatic carbocycles. The van der Waals surface area contributed by atoms with Gasteiger partial charge in [-0.15, -0.1) is 0 Å². The quantitative estimate of drug-likeness (QED) is 0.689. The molecule has 1 aromatic heterocycles. The van der Waals surface area contributed by atoms with Crippen LogP contribution in [0.25, 0.3) is 0 Å². The molecular weight excluding hydrogens is 185 g/mol. The number of Topliss-reactive ketones (excluding diaryl/α,β-unsaturated/α-hetero) is 1. The van der Waals surface area contributed by atoms with Crippen molar-refractivity contribution in [3.05, 3.63) is 17.2 Å². The number of rotatable bonds is 1. The Labute approximate surface area is 72.0 Å². The van der Waals surface area contributed by atoms with Crippen molar-refractivity contribution in [1.82, 2.24) is 9.97 Å². The first-order chi connectivity index (χ1) is 5.82. The van der Waals surface area contributed by atoms with E-state index in [-0.39, 0.29) is 5.69 Å². The van der Waals surface area contributed by atoms with Gasteiger partial charge in [-0.05, 0) is 13.8 Å². The molecule has 0 spiro atoms. The number of hydrogen-bond acceptors (Lipinski definition) is 2. The third kappa shape index (κ3) is 1.88. The Morgan fingerprint density at radius 2 is 1.92 bits per heavy atom. The van der Waals surface area contributed by atoms with E-state index >= 15 is 0 Å². The second-order valence-corrected chi connectivity index (χ2v) is 2.62. The van der Waals surface area contributed by atoms with Gasteiger partial charge in [0.1, 0.15) is 11.5 Å². The molecule has 0 radical (unpaired) electrons. The summed E-state index contributed by atoms with van der Waals surface area (Å²) in [4.78, 5) is 16.7. The molecule has 0 aliphatic rings. The lowest BCUT2D eigenvalue weighted by molar-refractivity contribution is -0.0888. The summed E-state index contributed by atoms with van der Waals surface area (Å²) >= 11 is 0. The second-order valence-electron chi connectivity index (χ2n) is 2.62. The Balaban J connectivity index is 3.09. The van der Waals surface area contributed by atoms with Gasteiger partial charge in [0.05, 0.1) is 0 Å². The molecule has 0 saturated carbocycles. The number of ketones is 1. The van der Waals surface area contributed by atoms with Gasteiger partial charge in [0, 0.05) is 5.69 Å². The standard InChI is InChI=1S/C7H7F3N2O/c1-3-5(12-4(2)11-3)6(13)7(8,9)10/h1-2H3,(H,11,12). The van der Waals surface area contributed by atoms with Crippen LogP contribution in [0, 0.1) is 13.8 Å². The van der Waals surface area contributed by atoms with E-state index in [9.17, 15) is 18.0 Å². The predicted octanol–water partition coefficient (Wildman–Crippen LogP) is 1.77. The van der Waals surface area contributed by atoms with Crippen LogP contribution in [0.4, 0.5) is 13.2 Å². The van der Waals surface area contributed by atoms with E-state index in [0.717, 1.165) is 0 Å². The molecule has 1 heterocycles. The summed E-state index contributed by atoms with van der Waals surface area (Å²) in [5.41, 5.74) is -0.412. The third-order valence-corrected chi connectivity index (χ3v) is 1.48. The lowest BCUT2D eigenvalue weighted by atomic mass is 10.2. The number of carbonyl (C=O) groups is 1. The molecule has 72 valence electrons. The molecule has 0 bridgehead atoms. The van der Waals surface area contributed by atoms with Crippen LogP contribution in [-0.4, -0.2) is 21.9 Å². The van der Waals surface area contributed by atoms with Crippen LogP contribution in [0.1, 0.15) is 22.0 Å². The van der Waals surface area contributed by atoms with E-state index in [1.165, 1.54) is 13.8 Å². The van der Waals surface area contributed by atoms with E-state index in [1.807, 2.05) is 0 Å². The van der Waals surface area contributed by atoms with E-state index in [0.29, 0.717) is 5.82 Å². The fraction of sp³-hybridized carbons (Fsp3) is 0.429. The number of hydrogen-bond donors (Lipinski definition) is 1.